The van der Waals surface area contributed by atoms with E-state index in [1.54, 1.807) is 4.90 Å². The minimum atomic E-state index is -1.20. The molecule has 5 unspecified atom stereocenters. The van der Waals surface area contributed by atoms with Gasteiger partial charge in [0.05, 0.1) is 31.1 Å². The van der Waals surface area contributed by atoms with Crippen molar-refractivity contribution in [2.75, 3.05) is 11.9 Å². The molecule has 2 aromatic carbocycles. The molecule has 2 bridgehead atoms. The first-order valence-corrected chi connectivity index (χ1v) is 15.4. The number of hydrogen-bond donors (Lipinski definition) is 2. The Morgan fingerprint density at radius 3 is 2.50 bits per heavy atom. The average molecular weight is 572 g/mol. The second kappa shape index (κ2) is 11.6. The maximum absolute atomic E-state index is 14.4. The topological polar surface area (TPSA) is 97.0 Å². The third-order valence-electron chi connectivity index (χ3n) is 9.33. The first kappa shape index (κ1) is 28.5. The number of nitrogens with one attached hydrogen (secondary N) is 2. The van der Waals surface area contributed by atoms with Crippen molar-refractivity contribution in [2.45, 2.75) is 89.1 Å². The largest absolute Gasteiger partial charge is 0.494 e. The van der Waals surface area contributed by atoms with E-state index in [0.29, 0.717) is 24.0 Å². The van der Waals surface area contributed by atoms with Crippen LogP contribution in [0.25, 0.3) is 0 Å². The molecule has 1 aliphatic carbocycles. The molecule has 0 aromatic heterocycles. The van der Waals surface area contributed by atoms with Crippen molar-refractivity contribution in [2.24, 2.45) is 11.8 Å². The lowest BCUT2D eigenvalue weighted by molar-refractivity contribution is -0.142. The molecule has 1 spiro atoms. The van der Waals surface area contributed by atoms with Gasteiger partial charge in [-0.15, -0.1) is 0 Å². The van der Waals surface area contributed by atoms with Gasteiger partial charge in [-0.05, 0) is 49.4 Å². The van der Waals surface area contributed by atoms with E-state index in [9.17, 15) is 14.4 Å². The van der Waals surface area contributed by atoms with Crippen LogP contribution < -0.4 is 15.4 Å². The van der Waals surface area contributed by atoms with E-state index in [4.69, 9.17) is 9.47 Å². The number of likely N-dealkylation sites (tertiary alicyclic amines) is 1. The zero-order valence-corrected chi connectivity index (χ0v) is 24.7. The van der Waals surface area contributed by atoms with Crippen LogP contribution in [-0.2, 0) is 25.7 Å². The van der Waals surface area contributed by atoms with Crippen molar-refractivity contribution in [3.05, 3.63) is 71.8 Å². The van der Waals surface area contributed by atoms with Crippen LogP contribution in [0.1, 0.15) is 69.9 Å². The molecule has 2 aromatic rings. The molecular formula is C34H41N3O5. The summed E-state index contributed by atoms with van der Waals surface area (Å²) in [6.07, 6.45) is 8.32. The molecule has 5 atom stereocenters. The monoisotopic (exact) mass is 571 g/mol. The molecule has 3 amide bonds. The molecule has 6 rings (SSSR count). The molecule has 3 fully saturated rings. The van der Waals surface area contributed by atoms with Crippen molar-refractivity contribution < 1.29 is 23.9 Å². The number of fused-ring (bicyclic) bond motifs is 1. The Bertz CT molecular complexity index is 1370. The first-order valence-electron chi connectivity index (χ1n) is 15.4. The van der Waals surface area contributed by atoms with Crippen molar-refractivity contribution >= 4 is 23.4 Å². The second-order valence-electron chi connectivity index (χ2n) is 12.3. The number of ether oxygens (including phenoxy) is 2. The number of carbonyl (C=O) groups is 3. The van der Waals surface area contributed by atoms with Gasteiger partial charge >= 0.3 is 0 Å². The number of benzene rings is 2. The fourth-order valence-electron chi connectivity index (χ4n) is 7.26. The summed E-state index contributed by atoms with van der Waals surface area (Å²) in [7, 11) is 0. The van der Waals surface area contributed by atoms with E-state index in [1.165, 1.54) is 12.0 Å². The van der Waals surface area contributed by atoms with Gasteiger partial charge in [-0.1, -0.05) is 75.6 Å². The average Bonchev–Trinajstić information content (AvgIpc) is 3.62. The molecule has 8 heteroatoms. The maximum atomic E-state index is 14.4. The normalized spacial score (nSPS) is 28.3. The van der Waals surface area contributed by atoms with Gasteiger partial charge in [0, 0.05) is 17.3 Å². The molecule has 2 N–H and O–H groups in total. The number of para-hydroxylation sites is 1. The van der Waals surface area contributed by atoms with Crippen LogP contribution in [0, 0.1) is 11.8 Å². The van der Waals surface area contributed by atoms with Crippen LogP contribution in [0.15, 0.2) is 60.7 Å². The standard InChI is InChI=1S/C34H41N3O5/c1-4-41-26-13-9-8-10-23(26)20-37-30(32(39)36-24-11-6-5-7-12-24)34-19-18-27(42-34)28(29(34)33(37)40)31(38)35-25-16-14-22(15-17-25)21(2)3/h8-10,13-19,21,24,27-30H,4-7,11-12,20H2,1-3H3,(H,35,38)(H,36,39). The van der Waals surface area contributed by atoms with Crippen molar-refractivity contribution in [3.63, 3.8) is 0 Å². The summed E-state index contributed by atoms with van der Waals surface area (Å²) in [6, 6.07) is 14.5. The minimum Gasteiger partial charge on any atom is -0.494 e. The Hall–Kier alpha value is -3.65. The number of anilines is 1. The first-order chi connectivity index (χ1) is 20.3. The van der Waals surface area contributed by atoms with Crippen LogP contribution in [0.2, 0.25) is 0 Å². The van der Waals surface area contributed by atoms with Gasteiger partial charge in [-0.2, -0.15) is 0 Å². The van der Waals surface area contributed by atoms with Gasteiger partial charge < -0.3 is 25.0 Å². The highest BCUT2D eigenvalue weighted by atomic mass is 16.5. The number of nitrogens with zero attached hydrogens (tertiary/aromatic N) is 1. The van der Waals surface area contributed by atoms with Gasteiger partial charge in [-0.3, -0.25) is 14.4 Å². The Kier molecular flexibility index (Phi) is 7.83. The van der Waals surface area contributed by atoms with Crippen molar-refractivity contribution in [1.29, 1.82) is 0 Å². The molecule has 8 nitrogen and oxygen atoms in total. The Labute approximate surface area is 247 Å². The summed E-state index contributed by atoms with van der Waals surface area (Å²) >= 11 is 0. The van der Waals surface area contributed by atoms with Crippen molar-refractivity contribution in [1.82, 2.24) is 10.2 Å². The van der Waals surface area contributed by atoms with E-state index >= 15 is 0 Å². The van der Waals surface area contributed by atoms with Crippen molar-refractivity contribution in [3.8, 4) is 5.75 Å². The highest BCUT2D eigenvalue weighted by Gasteiger charge is 2.72. The van der Waals surface area contributed by atoms with Crippen LogP contribution in [0.3, 0.4) is 0 Å². The van der Waals surface area contributed by atoms with Gasteiger partial charge in [0.15, 0.2) is 0 Å². The predicted molar refractivity (Wildman–Crippen MR) is 160 cm³/mol. The fourth-order valence-corrected chi connectivity index (χ4v) is 7.26. The lowest BCUT2D eigenvalue weighted by Gasteiger charge is -2.34. The quantitative estimate of drug-likeness (QED) is 0.416. The molecule has 222 valence electrons. The Balaban J connectivity index is 1.31. The third kappa shape index (κ3) is 5.00. The van der Waals surface area contributed by atoms with Gasteiger partial charge in [0.1, 0.15) is 17.4 Å². The predicted octanol–water partition coefficient (Wildman–Crippen LogP) is 4.95. The fraction of sp³-hybridized carbons (Fsp3) is 0.500. The Morgan fingerprint density at radius 1 is 1.05 bits per heavy atom. The summed E-state index contributed by atoms with van der Waals surface area (Å²) < 4.78 is 12.4. The smallest absolute Gasteiger partial charge is 0.246 e. The van der Waals surface area contributed by atoms with Gasteiger partial charge in [0.2, 0.25) is 17.7 Å². The SMILES string of the molecule is CCOc1ccccc1CN1C(=O)C2C(C(=O)Nc3ccc(C(C)C)cc3)C3C=CC2(O3)C1C(=O)NC1CCCCC1. The lowest BCUT2D eigenvalue weighted by Crippen LogP contribution is -2.56. The van der Waals surface area contributed by atoms with E-state index in [-0.39, 0.29) is 30.3 Å². The Morgan fingerprint density at radius 2 is 1.79 bits per heavy atom. The van der Waals surface area contributed by atoms with Crippen LogP contribution in [-0.4, -0.2) is 53.0 Å². The minimum absolute atomic E-state index is 0.0739. The molecule has 3 aliphatic heterocycles. The molecule has 2 saturated heterocycles. The van der Waals surface area contributed by atoms with Crippen LogP contribution >= 0.6 is 0 Å². The maximum Gasteiger partial charge on any atom is 0.246 e. The van der Waals surface area contributed by atoms with E-state index in [2.05, 4.69) is 24.5 Å². The highest BCUT2D eigenvalue weighted by molar-refractivity contribution is 6.02. The van der Waals surface area contributed by atoms with E-state index in [1.807, 2.05) is 67.6 Å². The number of hydrogen-bond acceptors (Lipinski definition) is 5. The summed E-state index contributed by atoms with van der Waals surface area (Å²) in [5.41, 5.74) is 1.46. The number of rotatable bonds is 9. The van der Waals surface area contributed by atoms with E-state index < -0.39 is 29.6 Å². The molecule has 4 aliphatic rings. The summed E-state index contributed by atoms with van der Waals surface area (Å²) in [5.74, 6) is -1.23. The molecule has 1 saturated carbocycles. The highest BCUT2D eigenvalue weighted by Crippen LogP contribution is 2.55. The molecular weight excluding hydrogens is 530 g/mol. The lowest BCUT2D eigenvalue weighted by atomic mass is 9.74. The number of carbonyl (C=O) groups excluding carboxylic acids is 3. The van der Waals surface area contributed by atoms with Gasteiger partial charge in [-0.25, -0.2) is 0 Å². The van der Waals surface area contributed by atoms with Crippen LogP contribution in [0.5, 0.6) is 5.75 Å². The number of amides is 3. The summed E-state index contributed by atoms with van der Waals surface area (Å²) in [6.45, 7) is 6.83. The summed E-state index contributed by atoms with van der Waals surface area (Å²) in [5, 5.41) is 6.27. The molecule has 0 radical (unpaired) electrons. The van der Waals surface area contributed by atoms with Gasteiger partial charge in [0.25, 0.3) is 0 Å². The third-order valence-corrected chi connectivity index (χ3v) is 9.33. The summed E-state index contributed by atoms with van der Waals surface area (Å²) in [4.78, 5) is 43.9. The molecule has 3 heterocycles. The molecule has 42 heavy (non-hydrogen) atoms. The van der Waals surface area contributed by atoms with Crippen LogP contribution in [0.4, 0.5) is 5.69 Å². The zero-order chi connectivity index (χ0) is 29.4. The zero-order valence-electron chi connectivity index (χ0n) is 24.7. The van der Waals surface area contributed by atoms with E-state index in [0.717, 1.165) is 31.2 Å². The second-order valence-corrected chi connectivity index (χ2v) is 12.3.